The summed E-state index contributed by atoms with van der Waals surface area (Å²) in [7, 11) is 2.09. The Labute approximate surface area is 158 Å². The molecule has 0 spiro atoms. The number of piperidine rings is 1. The second-order valence-corrected chi connectivity index (χ2v) is 7.97. The monoisotopic (exact) mass is 367 g/mol. The van der Waals surface area contributed by atoms with E-state index in [-0.39, 0.29) is 23.0 Å². The normalized spacial score (nSPS) is 27.7. The number of rotatable bonds is 2. The number of hydrogen-bond acceptors (Lipinski definition) is 3. The van der Waals surface area contributed by atoms with E-state index in [1.165, 1.54) is 0 Å². The number of phenols is 1. The van der Waals surface area contributed by atoms with Crippen molar-refractivity contribution in [3.8, 4) is 5.75 Å². The van der Waals surface area contributed by atoms with E-state index in [9.17, 15) is 9.90 Å². The average molecular weight is 368 g/mol. The lowest BCUT2D eigenvalue weighted by molar-refractivity contribution is -0.120. The summed E-state index contributed by atoms with van der Waals surface area (Å²) in [6, 6.07) is 15.1. The number of nitrogens with zero attached hydrogens (tertiary/aromatic N) is 1. The lowest BCUT2D eigenvalue weighted by atomic mass is 9.61. The fourth-order valence-corrected chi connectivity index (χ4v) is 4.52. The standard InChI is InChI=1S/C22H22ClNO2/c1-24-10-9-22(16-3-2-4-18(25)12-16)13-20(24)19(21(26)14-22)11-15-5-7-17(23)8-6-15/h2-8,11-12,20,25H,9-10,13-14H2,1H3/b19-11+/t20-,22-/m1/s1. The van der Waals surface area contributed by atoms with Crippen LogP contribution in [-0.4, -0.2) is 35.4 Å². The number of phenolic OH excluding ortho intramolecular Hbond substituents is 1. The minimum absolute atomic E-state index is 0.100. The molecule has 0 aromatic heterocycles. The van der Waals surface area contributed by atoms with Gasteiger partial charge in [-0.05, 0) is 67.9 Å². The van der Waals surface area contributed by atoms with E-state index < -0.39 is 0 Å². The Bertz CT molecular complexity index is 874. The fourth-order valence-electron chi connectivity index (χ4n) is 4.39. The summed E-state index contributed by atoms with van der Waals surface area (Å²) in [5, 5.41) is 10.6. The second kappa shape index (κ2) is 6.57. The largest absolute Gasteiger partial charge is 0.508 e. The minimum Gasteiger partial charge on any atom is -0.508 e. The molecule has 0 unspecified atom stereocenters. The molecule has 0 amide bonds. The number of benzene rings is 2. The van der Waals surface area contributed by atoms with Crippen LogP contribution in [0.5, 0.6) is 5.75 Å². The van der Waals surface area contributed by atoms with Crippen LogP contribution in [0.15, 0.2) is 54.1 Å². The predicted molar refractivity (Wildman–Crippen MR) is 104 cm³/mol. The Hall–Kier alpha value is -2.10. The van der Waals surface area contributed by atoms with Crippen LogP contribution in [0, 0.1) is 0 Å². The van der Waals surface area contributed by atoms with Crippen molar-refractivity contribution in [1.29, 1.82) is 0 Å². The SMILES string of the molecule is CN1CC[C@]2(c3cccc(O)c3)CC(=O)/C(=C/c3ccc(Cl)cc3)[C@H]1C2. The summed E-state index contributed by atoms with van der Waals surface area (Å²) in [5.41, 5.74) is 2.78. The third-order valence-corrected chi connectivity index (χ3v) is 6.14. The summed E-state index contributed by atoms with van der Waals surface area (Å²) in [6.07, 6.45) is 4.35. The van der Waals surface area contributed by atoms with Gasteiger partial charge in [-0.3, -0.25) is 9.69 Å². The highest BCUT2D eigenvalue weighted by Crippen LogP contribution is 2.47. The lowest BCUT2D eigenvalue weighted by Gasteiger charge is -2.50. The maximum absolute atomic E-state index is 13.1. The topological polar surface area (TPSA) is 40.5 Å². The molecule has 2 bridgehead atoms. The smallest absolute Gasteiger partial charge is 0.161 e. The first kappa shape index (κ1) is 17.3. The van der Waals surface area contributed by atoms with Crippen LogP contribution in [0.3, 0.4) is 0 Å². The zero-order valence-corrected chi connectivity index (χ0v) is 15.5. The van der Waals surface area contributed by atoms with E-state index in [1.807, 2.05) is 48.5 Å². The number of likely N-dealkylation sites (N-methyl/N-ethyl adjacent to an activating group) is 1. The van der Waals surface area contributed by atoms with Crippen molar-refractivity contribution in [1.82, 2.24) is 4.90 Å². The molecular formula is C22H22ClNO2. The first-order chi connectivity index (χ1) is 12.5. The van der Waals surface area contributed by atoms with E-state index >= 15 is 0 Å². The summed E-state index contributed by atoms with van der Waals surface area (Å²) in [6.45, 7) is 0.936. The zero-order valence-electron chi connectivity index (χ0n) is 14.8. The average Bonchev–Trinajstić information content (AvgIpc) is 2.63. The third-order valence-electron chi connectivity index (χ3n) is 5.89. The van der Waals surface area contributed by atoms with Crippen LogP contribution in [0.1, 0.15) is 30.4 Å². The Kier molecular flexibility index (Phi) is 4.37. The number of Topliss-reactive ketones (excluding diaryl/α,β-unsaturated/α-hetero) is 1. The highest BCUT2D eigenvalue weighted by molar-refractivity contribution is 6.30. The molecule has 1 aliphatic carbocycles. The quantitative estimate of drug-likeness (QED) is 0.798. The third kappa shape index (κ3) is 3.06. The van der Waals surface area contributed by atoms with Gasteiger partial charge in [-0.1, -0.05) is 35.9 Å². The summed E-state index contributed by atoms with van der Waals surface area (Å²) in [5.74, 6) is 0.466. The number of carbonyl (C=O) groups is 1. The first-order valence-corrected chi connectivity index (χ1v) is 9.35. The lowest BCUT2D eigenvalue weighted by Crippen LogP contribution is -2.53. The van der Waals surface area contributed by atoms with Crippen LogP contribution in [0.4, 0.5) is 0 Å². The fraction of sp³-hybridized carbons (Fsp3) is 0.318. The molecule has 26 heavy (non-hydrogen) atoms. The molecule has 1 heterocycles. The molecule has 1 saturated carbocycles. The molecule has 134 valence electrons. The van der Waals surface area contributed by atoms with Gasteiger partial charge >= 0.3 is 0 Å². The molecule has 2 aromatic rings. The molecule has 4 heteroatoms. The number of likely N-dealkylation sites (tertiary alicyclic amines) is 1. The number of carbonyl (C=O) groups excluding carboxylic acids is 1. The van der Waals surface area contributed by atoms with E-state index in [0.717, 1.165) is 36.1 Å². The van der Waals surface area contributed by atoms with Crippen molar-refractivity contribution >= 4 is 23.5 Å². The molecule has 4 rings (SSSR count). The summed E-state index contributed by atoms with van der Waals surface area (Å²) in [4.78, 5) is 15.4. The second-order valence-electron chi connectivity index (χ2n) is 7.53. The van der Waals surface area contributed by atoms with Gasteiger partial charge in [0.05, 0.1) is 0 Å². The number of ketones is 1. The number of hydrogen-bond donors (Lipinski definition) is 1. The van der Waals surface area contributed by atoms with E-state index in [1.54, 1.807) is 6.07 Å². The van der Waals surface area contributed by atoms with Gasteiger partial charge in [0, 0.05) is 28.5 Å². The van der Waals surface area contributed by atoms with Gasteiger partial charge in [0.1, 0.15) is 5.75 Å². The van der Waals surface area contributed by atoms with Crippen molar-refractivity contribution in [3.05, 3.63) is 70.3 Å². The Balaban J connectivity index is 1.72. The first-order valence-electron chi connectivity index (χ1n) is 8.97. The van der Waals surface area contributed by atoms with Crippen molar-refractivity contribution < 1.29 is 9.90 Å². The van der Waals surface area contributed by atoms with Gasteiger partial charge in [-0.25, -0.2) is 0 Å². The molecule has 2 aromatic carbocycles. The predicted octanol–water partition coefficient (Wildman–Crippen LogP) is 4.43. The van der Waals surface area contributed by atoms with Gasteiger partial charge in [-0.15, -0.1) is 0 Å². The van der Waals surface area contributed by atoms with E-state index in [0.29, 0.717) is 11.4 Å². The zero-order chi connectivity index (χ0) is 18.3. The molecule has 0 radical (unpaired) electrons. The number of halogens is 1. The highest BCUT2D eigenvalue weighted by Gasteiger charge is 2.48. The molecular weight excluding hydrogens is 346 g/mol. The highest BCUT2D eigenvalue weighted by atomic mass is 35.5. The molecule has 2 fully saturated rings. The van der Waals surface area contributed by atoms with E-state index in [4.69, 9.17) is 11.6 Å². The van der Waals surface area contributed by atoms with E-state index in [2.05, 4.69) is 11.9 Å². The van der Waals surface area contributed by atoms with Gasteiger partial charge in [0.2, 0.25) is 0 Å². The van der Waals surface area contributed by atoms with Gasteiger partial charge < -0.3 is 5.11 Å². The maximum Gasteiger partial charge on any atom is 0.161 e. The molecule has 2 aliphatic rings. The Morgan fingerprint density at radius 1 is 1.23 bits per heavy atom. The molecule has 3 nitrogen and oxygen atoms in total. The van der Waals surface area contributed by atoms with Crippen LogP contribution in [-0.2, 0) is 10.2 Å². The summed E-state index contributed by atoms with van der Waals surface area (Å²) < 4.78 is 0. The minimum atomic E-state index is -0.176. The number of fused-ring (bicyclic) bond motifs is 2. The van der Waals surface area contributed by atoms with Crippen molar-refractivity contribution in [2.45, 2.75) is 30.7 Å². The maximum atomic E-state index is 13.1. The van der Waals surface area contributed by atoms with Crippen molar-refractivity contribution in [2.75, 3.05) is 13.6 Å². The Morgan fingerprint density at radius 3 is 2.73 bits per heavy atom. The van der Waals surface area contributed by atoms with Crippen LogP contribution >= 0.6 is 11.6 Å². The molecule has 1 N–H and O–H groups in total. The number of aromatic hydroxyl groups is 1. The molecule has 2 atom stereocenters. The van der Waals surface area contributed by atoms with Gasteiger partial charge in [-0.2, -0.15) is 0 Å². The van der Waals surface area contributed by atoms with Crippen LogP contribution in [0.2, 0.25) is 5.02 Å². The Morgan fingerprint density at radius 2 is 2.00 bits per heavy atom. The van der Waals surface area contributed by atoms with Gasteiger partial charge in [0.25, 0.3) is 0 Å². The molecule has 1 aliphatic heterocycles. The summed E-state index contributed by atoms with van der Waals surface area (Å²) >= 11 is 5.97. The van der Waals surface area contributed by atoms with Crippen LogP contribution < -0.4 is 0 Å². The molecule has 1 saturated heterocycles. The van der Waals surface area contributed by atoms with Crippen molar-refractivity contribution in [3.63, 3.8) is 0 Å². The van der Waals surface area contributed by atoms with Gasteiger partial charge in [0.15, 0.2) is 5.78 Å². The van der Waals surface area contributed by atoms with Crippen molar-refractivity contribution in [2.24, 2.45) is 0 Å². The van der Waals surface area contributed by atoms with Crippen LogP contribution in [0.25, 0.3) is 6.08 Å².